The van der Waals surface area contributed by atoms with Crippen molar-refractivity contribution < 1.29 is 9.66 Å². The lowest BCUT2D eigenvalue weighted by Gasteiger charge is -2.07. The van der Waals surface area contributed by atoms with Crippen LogP contribution in [-0.2, 0) is 0 Å². The van der Waals surface area contributed by atoms with Gasteiger partial charge >= 0.3 is 5.69 Å². The third-order valence-corrected chi connectivity index (χ3v) is 2.50. The minimum absolute atomic E-state index is 0.0347. The minimum atomic E-state index is -0.531. The fraction of sp³-hybridized carbons (Fsp3) is 0.667. The molecule has 1 heterocycles. The molecule has 0 saturated carbocycles. The van der Waals surface area contributed by atoms with Crippen LogP contribution in [-0.4, -0.2) is 28.0 Å². The second kappa shape index (κ2) is 8.23. The number of hydrogen-bond acceptors (Lipinski definition) is 6. The maximum atomic E-state index is 10.9. The topological polar surface area (TPSA) is 90.2 Å². The summed E-state index contributed by atoms with van der Waals surface area (Å²) in [5.41, 5.74) is -0.197. The van der Waals surface area contributed by atoms with E-state index in [1.807, 2.05) is 6.92 Å². The first-order chi connectivity index (χ1) is 9.19. The zero-order valence-corrected chi connectivity index (χ0v) is 11.4. The van der Waals surface area contributed by atoms with Crippen LogP contribution in [0.3, 0.4) is 0 Å². The average molecular weight is 268 g/mol. The van der Waals surface area contributed by atoms with Crippen molar-refractivity contribution in [1.82, 2.24) is 9.97 Å². The Morgan fingerprint density at radius 1 is 1.37 bits per heavy atom. The van der Waals surface area contributed by atoms with Gasteiger partial charge < -0.3 is 10.1 Å². The van der Waals surface area contributed by atoms with Gasteiger partial charge in [0, 0.05) is 6.54 Å². The number of anilines is 1. The van der Waals surface area contributed by atoms with Crippen molar-refractivity contribution >= 4 is 11.6 Å². The van der Waals surface area contributed by atoms with Gasteiger partial charge in [-0.05, 0) is 13.3 Å². The third-order valence-electron chi connectivity index (χ3n) is 2.50. The Labute approximate surface area is 112 Å². The number of nitrogens with zero attached hydrogens (tertiary/aromatic N) is 3. The van der Waals surface area contributed by atoms with Gasteiger partial charge in [-0.3, -0.25) is 10.1 Å². The number of nitrogens with one attached hydrogen (secondary N) is 1. The van der Waals surface area contributed by atoms with Gasteiger partial charge in [0.1, 0.15) is 6.20 Å². The molecule has 0 radical (unpaired) electrons. The van der Waals surface area contributed by atoms with Crippen LogP contribution in [0.1, 0.15) is 39.5 Å². The van der Waals surface area contributed by atoms with Crippen LogP contribution in [0.4, 0.5) is 11.6 Å². The Morgan fingerprint density at radius 2 is 2.16 bits per heavy atom. The SMILES string of the molecule is CCCCCCOc1nc(NCC)ncc1[N+](=O)[O-]. The normalized spacial score (nSPS) is 10.2. The molecule has 0 amide bonds. The van der Waals surface area contributed by atoms with Crippen molar-refractivity contribution in [3.63, 3.8) is 0 Å². The van der Waals surface area contributed by atoms with Gasteiger partial charge in [0.25, 0.3) is 5.88 Å². The lowest BCUT2D eigenvalue weighted by molar-refractivity contribution is -0.386. The predicted octanol–water partition coefficient (Wildman–Crippen LogP) is 2.78. The number of nitro groups is 1. The number of aromatic nitrogens is 2. The van der Waals surface area contributed by atoms with E-state index in [4.69, 9.17) is 4.74 Å². The largest absolute Gasteiger partial charge is 0.473 e. The van der Waals surface area contributed by atoms with Gasteiger partial charge in [-0.1, -0.05) is 26.2 Å². The van der Waals surface area contributed by atoms with E-state index in [-0.39, 0.29) is 11.6 Å². The fourth-order valence-electron chi connectivity index (χ4n) is 1.53. The van der Waals surface area contributed by atoms with Gasteiger partial charge in [0.05, 0.1) is 11.5 Å². The molecule has 0 aliphatic heterocycles. The molecule has 19 heavy (non-hydrogen) atoms. The molecule has 0 aliphatic carbocycles. The molecule has 7 nitrogen and oxygen atoms in total. The maximum Gasteiger partial charge on any atom is 0.349 e. The Morgan fingerprint density at radius 3 is 2.79 bits per heavy atom. The molecule has 0 saturated heterocycles. The molecule has 106 valence electrons. The summed E-state index contributed by atoms with van der Waals surface area (Å²) in [5, 5.41) is 13.8. The summed E-state index contributed by atoms with van der Waals surface area (Å²) in [6.07, 6.45) is 5.36. The monoisotopic (exact) mass is 268 g/mol. The standard InChI is InChI=1S/C12H20N4O3/c1-3-5-6-7-8-19-11-10(16(17)18)9-14-12(15-11)13-4-2/h9H,3-8H2,1-2H3,(H,13,14,15). The average Bonchev–Trinajstić information content (AvgIpc) is 2.39. The van der Waals surface area contributed by atoms with Gasteiger partial charge in [-0.15, -0.1) is 0 Å². The summed E-state index contributed by atoms with van der Waals surface area (Å²) in [7, 11) is 0. The van der Waals surface area contributed by atoms with Crippen molar-refractivity contribution in [3.05, 3.63) is 16.3 Å². The number of rotatable bonds is 9. The fourth-order valence-corrected chi connectivity index (χ4v) is 1.53. The molecule has 0 spiro atoms. The first-order valence-corrected chi connectivity index (χ1v) is 6.57. The Balaban J connectivity index is 2.66. The Hall–Kier alpha value is -1.92. The van der Waals surface area contributed by atoms with E-state index >= 15 is 0 Å². The Kier molecular flexibility index (Phi) is 6.56. The molecule has 0 unspecified atom stereocenters. The quantitative estimate of drug-likeness (QED) is 0.420. The molecule has 1 N–H and O–H groups in total. The molecule has 1 rings (SSSR count). The highest BCUT2D eigenvalue weighted by molar-refractivity contribution is 5.43. The van der Waals surface area contributed by atoms with Crippen LogP contribution in [0, 0.1) is 10.1 Å². The highest BCUT2D eigenvalue weighted by Gasteiger charge is 2.18. The van der Waals surface area contributed by atoms with E-state index in [9.17, 15) is 10.1 Å². The lowest BCUT2D eigenvalue weighted by atomic mass is 10.2. The number of hydrogen-bond donors (Lipinski definition) is 1. The van der Waals surface area contributed by atoms with E-state index < -0.39 is 4.92 Å². The van der Waals surface area contributed by atoms with Crippen LogP contribution < -0.4 is 10.1 Å². The molecule has 0 aromatic carbocycles. The van der Waals surface area contributed by atoms with Crippen molar-refractivity contribution in [1.29, 1.82) is 0 Å². The maximum absolute atomic E-state index is 10.9. The van der Waals surface area contributed by atoms with Gasteiger partial charge in [0.15, 0.2) is 0 Å². The van der Waals surface area contributed by atoms with Gasteiger partial charge in [-0.2, -0.15) is 4.98 Å². The summed E-state index contributed by atoms with van der Waals surface area (Å²) in [4.78, 5) is 18.2. The second-order valence-electron chi connectivity index (χ2n) is 4.08. The molecular weight excluding hydrogens is 248 g/mol. The van der Waals surface area contributed by atoms with Crippen LogP contribution in [0.2, 0.25) is 0 Å². The number of ether oxygens (including phenoxy) is 1. The Bertz CT molecular complexity index is 412. The molecule has 1 aromatic heterocycles. The third kappa shape index (κ3) is 5.07. The van der Waals surface area contributed by atoms with Crippen molar-refractivity contribution in [3.8, 4) is 5.88 Å². The highest BCUT2D eigenvalue weighted by atomic mass is 16.6. The summed E-state index contributed by atoms with van der Waals surface area (Å²) in [6, 6.07) is 0. The lowest BCUT2D eigenvalue weighted by Crippen LogP contribution is -2.07. The molecule has 7 heteroatoms. The van der Waals surface area contributed by atoms with Crippen LogP contribution in [0.25, 0.3) is 0 Å². The van der Waals surface area contributed by atoms with E-state index in [2.05, 4.69) is 22.2 Å². The first-order valence-electron chi connectivity index (χ1n) is 6.57. The number of unbranched alkanes of at least 4 members (excludes halogenated alkanes) is 3. The first kappa shape index (κ1) is 15.1. The molecule has 0 aliphatic rings. The van der Waals surface area contributed by atoms with Gasteiger partial charge in [0.2, 0.25) is 5.95 Å². The highest BCUT2D eigenvalue weighted by Crippen LogP contribution is 2.24. The van der Waals surface area contributed by atoms with E-state index in [1.54, 1.807) is 0 Å². The minimum Gasteiger partial charge on any atom is -0.473 e. The van der Waals surface area contributed by atoms with Gasteiger partial charge in [-0.25, -0.2) is 4.98 Å². The van der Waals surface area contributed by atoms with Crippen molar-refractivity contribution in [2.75, 3.05) is 18.5 Å². The second-order valence-corrected chi connectivity index (χ2v) is 4.08. The van der Waals surface area contributed by atoms with Crippen LogP contribution in [0.15, 0.2) is 6.20 Å². The zero-order valence-electron chi connectivity index (χ0n) is 11.4. The summed E-state index contributed by atoms with van der Waals surface area (Å²) in [5.74, 6) is 0.379. The molecule has 0 fully saturated rings. The van der Waals surface area contributed by atoms with Crippen molar-refractivity contribution in [2.45, 2.75) is 39.5 Å². The molecular formula is C12H20N4O3. The molecule has 0 bridgehead atoms. The summed E-state index contributed by atoms with van der Waals surface area (Å²) in [6.45, 7) is 5.10. The summed E-state index contributed by atoms with van der Waals surface area (Å²) < 4.78 is 5.40. The summed E-state index contributed by atoms with van der Waals surface area (Å²) >= 11 is 0. The van der Waals surface area contributed by atoms with Crippen molar-refractivity contribution in [2.24, 2.45) is 0 Å². The predicted molar refractivity (Wildman–Crippen MR) is 72.5 cm³/mol. The zero-order chi connectivity index (χ0) is 14.1. The van der Waals surface area contributed by atoms with Crippen LogP contribution >= 0.6 is 0 Å². The van der Waals surface area contributed by atoms with E-state index in [0.717, 1.165) is 25.7 Å². The molecule has 1 aromatic rings. The van der Waals surface area contributed by atoms with E-state index in [1.165, 1.54) is 6.20 Å². The molecule has 0 atom stereocenters. The van der Waals surface area contributed by atoms with E-state index in [0.29, 0.717) is 19.1 Å². The smallest absolute Gasteiger partial charge is 0.349 e. The van der Waals surface area contributed by atoms with Crippen LogP contribution in [0.5, 0.6) is 5.88 Å².